The molecule has 4 heteroatoms. The highest BCUT2D eigenvalue weighted by molar-refractivity contribution is 5.85. The van der Waals surface area contributed by atoms with Gasteiger partial charge in [-0.05, 0) is 6.92 Å². The Morgan fingerprint density at radius 3 is 2.91 bits per heavy atom. The molecule has 0 bridgehead atoms. The zero-order chi connectivity index (χ0) is 8.27. The first kappa shape index (κ1) is 8.23. The number of rotatable bonds is 2. The van der Waals surface area contributed by atoms with Gasteiger partial charge in [-0.25, -0.2) is 4.79 Å². The molecule has 1 fully saturated rings. The Hall–Kier alpha value is -0.870. The van der Waals surface area contributed by atoms with Crippen molar-refractivity contribution < 1.29 is 9.90 Å². The standard InChI is InChI=1S/C7H12N2O2/c1-5(7(10)11)2-6-3-8-4-9-6/h2,6,8-9H,3-4H2,1H3,(H,10,11)/b5-2+. The molecule has 62 valence electrons. The average molecular weight is 156 g/mol. The second-order valence-electron chi connectivity index (χ2n) is 2.60. The maximum Gasteiger partial charge on any atom is 0.331 e. The van der Waals surface area contributed by atoms with Crippen LogP contribution in [0.25, 0.3) is 0 Å². The topological polar surface area (TPSA) is 61.4 Å². The van der Waals surface area contributed by atoms with Gasteiger partial charge in [-0.15, -0.1) is 0 Å². The molecule has 1 aliphatic heterocycles. The summed E-state index contributed by atoms with van der Waals surface area (Å²) in [6, 6.07) is 0.172. The molecule has 1 heterocycles. The number of hydrogen-bond donors (Lipinski definition) is 3. The summed E-state index contributed by atoms with van der Waals surface area (Å²) in [7, 11) is 0. The van der Waals surface area contributed by atoms with Gasteiger partial charge in [0.2, 0.25) is 0 Å². The molecule has 0 aromatic carbocycles. The predicted octanol–water partition coefficient (Wildman–Crippen LogP) is -0.464. The monoisotopic (exact) mass is 156 g/mol. The molecule has 1 unspecified atom stereocenters. The van der Waals surface area contributed by atoms with E-state index in [4.69, 9.17) is 5.11 Å². The molecule has 1 atom stereocenters. The number of carbonyl (C=O) groups is 1. The van der Waals surface area contributed by atoms with Crippen LogP contribution in [0.15, 0.2) is 11.6 Å². The minimum Gasteiger partial charge on any atom is -0.478 e. The first-order valence-corrected chi connectivity index (χ1v) is 3.56. The molecule has 0 aliphatic carbocycles. The van der Waals surface area contributed by atoms with Crippen molar-refractivity contribution in [1.82, 2.24) is 10.6 Å². The first-order valence-electron chi connectivity index (χ1n) is 3.56. The summed E-state index contributed by atoms with van der Waals surface area (Å²) in [6.45, 7) is 3.17. The summed E-state index contributed by atoms with van der Waals surface area (Å²) in [6.07, 6.45) is 1.72. The molecule has 11 heavy (non-hydrogen) atoms. The number of aliphatic carboxylic acids is 1. The fraction of sp³-hybridized carbons (Fsp3) is 0.571. The van der Waals surface area contributed by atoms with Gasteiger partial charge in [0.15, 0.2) is 0 Å². The number of carboxylic acid groups (broad SMARTS) is 1. The number of nitrogens with one attached hydrogen (secondary N) is 2. The van der Waals surface area contributed by atoms with Crippen molar-refractivity contribution in [2.24, 2.45) is 0 Å². The van der Waals surface area contributed by atoms with Crippen LogP contribution in [0, 0.1) is 0 Å². The lowest BCUT2D eigenvalue weighted by Crippen LogP contribution is -2.21. The molecule has 0 spiro atoms. The van der Waals surface area contributed by atoms with Crippen molar-refractivity contribution in [3.8, 4) is 0 Å². The van der Waals surface area contributed by atoms with E-state index in [0.29, 0.717) is 5.57 Å². The number of hydrogen-bond acceptors (Lipinski definition) is 3. The van der Waals surface area contributed by atoms with E-state index in [9.17, 15) is 4.79 Å². The molecular formula is C7H12N2O2. The SMILES string of the molecule is C/C(=C\C1CNCN1)C(=O)O. The van der Waals surface area contributed by atoms with Gasteiger partial charge >= 0.3 is 5.97 Å². The molecule has 1 rings (SSSR count). The summed E-state index contributed by atoms with van der Waals surface area (Å²) in [5.74, 6) is -0.848. The summed E-state index contributed by atoms with van der Waals surface area (Å²) in [5, 5.41) is 14.7. The van der Waals surface area contributed by atoms with Crippen LogP contribution in [0.3, 0.4) is 0 Å². The van der Waals surface area contributed by atoms with Crippen molar-refractivity contribution in [3.05, 3.63) is 11.6 Å². The van der Waals surface area contributed by atoms with E-state index in [2.05, 4.69) is 10.6 Å². The Morgan fingerprint density at radius 2 is 2.45 bits per heavy atom. The van der Waals surface area contributed by atoms with E-state index in [1.807, 2.05) is 0 Å². The molecular weight excluding hydrogens is 144 g/mol. The maximum absolute atomic E-state index is 10.4. The summed E-state index contributed by atoms with van der Waals surface area (Å²) >= 11 is 0. The molecule has 4 nitrogen and oxygen atoms in total. The minimum atomic E-state index is -0.848. The third-order valence-electron chi connectivity index (χ3n) is 1.64. The van der Waals surface area contributed by atoms with Crippen LogP contribution in [0.5, 0.6) is 0 Å². The van der Waals surface area contributed by atoms with E-state index in [1.165, 1.54) is 0 Å². The van der Waals surface area contributed by atoms with E-state index in [1.54, 1.807) is 13.0 Å². The van der Waals surface area contributed by atoms with Gasteiger partial charge in [0.25, 0.3) is 0 Å². The van der Waals surface area contributed by atoms with E-state index < -0.39 is 5.97 Å². The van der Waals surface area contributed by atoms with E-state index in [-0.39, 0.29) is 6.04 Å². The van der Waals surface area contributed by atoms with Crippen LogP contribution in [0.2, 0.25) is 0 Å². The Morgan fingerprint density at radius 1 is 1.73 bits per heavy atom. The normalized spacial score (nSPS) is 25.5. The smallest absolute Gasteiger partial charge is 0.331 e. The summed E-state index contributed by atoms with van der Waals surface area (Å²) in [5.41, 5.74) is 0.395. The fourth-order valence-corrected chi connectivity index (χ4v) is 0.994. The molecule has 1 saturated heterocycles. The Bertz CT molecular complexity index is 183. The number of carboxylic acids is 1. The average Bonchev–Trinajstić information content (AvgIpc) is 2.39. The Kier molecular flexibility index (Phi) is 2.62. The molecule has 0 aromatic heterocycles. The van der Waals surface area contributed by atoms with Crippen LogP contribution in [0.1, 0.15) is 6.92 Å². The zero-order valence-corrected chi connectivity index (χ0v) is 6.42. The van der Waals surface area contributed by atoms with Gasteiger partial charge in [-0.3, -0.25) is 5.32 Å². The van der Waals surface area contributed by atoms with Crippen LogP contribution >= 0.6 is 0 Å². The van der Waals surface area contributed by atoms with Gasteiger partial charge in [-0.1, -0.05) is 6.08 Å². The zero-order valence-electron chi connectivity index (χ0n) is 6.42. The molecule has 3 N–H and O–H groups in total. The van der Waals surface area contributed by atoms with Crippen LogP contribution in [0.4, 0.5) is 0 Å². The van der Waals surface area contributed by atoms with Crippen molar-refractivity contribution in [1.29, 1.82) is 0 Å². The minimum absolute atomic E-state index is 0.172. The highest BCUT2D eigenvalue weighted by atomic mass is 16.4. The quantitative estimate of drug-likeness (QED) is 0.473. The third kappa shape index (κ3) is 2.32. The van der Waals surface area contributed by atoms with E-state index >= 15 is 0 Å². The van der Waals surface area contributed by atoms with Crippen LogP contribution in [-0.2, 0) is 4.79 Å². The largest absolute Gasteiger partial charge is 0.478 e. The van der Waals surface area contributed by atoms with Gasteiger partial charge in [-0.2, -0.15) is 0 Å². The highest BCUT2D eigenvalue weighted by Gasteiger charge is 2.11. The molecule has 0 amide bonds. The van der Waals surface area contributed by atoms with Crippen LogP contribution in [-0.4, -0.2) is 30.3 Å². The lowest BCUT2D eigenvalue weighted by molar-refractivity contribution is -0.132. The molecule has 0 saturated carbocycles. The van der Waals surface area contributed by atoms with Crippen molar-refractivity contribution >= 4 is 5.97 Å². The van der Waals surface area contributed by atoms with Crippen molar-refractivity contribution in [2.75, 3.05) is 13.2 Å². The Labute approximate surface area is 65.3 Å². The van der Waals surface area contributed by atoms with Gasteiger partial charge < -0.3 is 10.4 Å². The summed E-state index contributed by atoms with van der Waals surface area (Å²) in [4.78, 5) is 10.4. The van der Waals surface area contributed by atoms with Crippen molar-refractivity contribution in [2.45, 2.75) is 13.0 Å². The third-order valence-corrected chi connectivity index (χ3v) is 1.64. The Balaban J connectivity index is 2.49. The lowest BCUT2D eigenvalue weighted by Gasteiger charge is -2.01. The van der Waals surface area contributed by atoms with Crippen LogP contribution < -0.4 is 10.6 Å². The fourth-order valence-electron chi connectivity index (χ4n) is 0.994. The second-order valence-corrected chi connectivity index (χ2v) is 2.60. The molecule has 1 aliphatic rings. The van der Waals surface area contributed by atoms with Crippen molar-refractivity contribution in [3.63, 3.8) is 0 Å². The first-order chi connectivity index (χ1) is 5.20. The van der Waals surface area contributed by atoms with Gasteiger partial charge in [0.1, 0.15) is 0 Å². The highest BCUT2D eigenvalue weighted by Crippen LogP contribution is 1.97. The van der Waals surface area contributed by atoms with Gasteiger partial charge in [0.05, 0.1) is 0 Å². The maximum atomic E-state index is 10.4. The van der Waals surface area contributed by atoms with E-state index in [0.717, 1.165) is 13.2 Å². The van der Waals surface area contributed by atoms with Gasteiger partial charge in [0, 0.05) is 24.8 Å². The second kappa shape index (κ2) is 3.50. The lowest BCUT2D eigenvalue weighted by atomic mass is 10.2. The summed E-state index contributed by atoms with van der Waals surface area (Å²) < 4.78 is 0. The predicted molar refractivity (Wildman–Crippen MR) is 41.2 cm³/mol. The molecule has 0 radical (unpaired) electrons. The molecule has 0 aromatic rings.